The van der Waals surface area contributed by atoms with E-state index in [4.69, 9.17) is 5.11 Å². The van der Waals surface area contributed by atoms with Gasteiger partial charge in [0.2, 0.25) is 5.91 Å². The van der Waals surface area contributed by atoms with Crippen molar-refractivity contribution in [1.82, 2.24) is 9.80 Å². The largest absolute Gasteiger partial charge is 0.394 e. The highest BCUT2D eigenvalue weighted by molar-refractivity contribution is 5.78. The number of aliphatic hydroxyl groups is 5. The molecule has 0 aliphatic carbocycles. The van der Waals surface area contributed by atoms with Gasteiger partial charge in [-0.05, 0) is 20.0 Å². The fraction of sp³-hybridized carbons (Fsp3) is 0.955. The van der Waals surface area contributed by atoms with Crippen molar-refractivity contribution in [2.45, 2.75) is 95.5 Å². The summed E-state index contributed by atoms with van der Waals surface area (Å²) in [5.74, 6) is -0.201. The average Bonchev–Trinajstić information content (AvgIpc) is 2.73. The van der Waals surface area contributed by atoms with Crippen LogP contribution >= 0.6 is 0 Å². The first-order valence-electron chi connectivity index (χ1n) is 11.5. The van der Waals surface area contributed by atoms with Gasteiger partial charge >= 0.3 is 0 Å². The van der Waals surface area contributed by atoms with Gasteiger partial charge in [-0.3, -0.25) is 9.69 Å². The van der Waals surface area contributed by atoms with Crippen LogP contribution in [0.5, 0.6) is 0 Å². The number of aliphatic hydroxyl groups excluding tert-OH is 5. The van der Waals surface area contributed by atoms with Crippen LogP contribution in [0, 0.1) is 0 Å². The maximum absolute atomic E-state index is 12.3. The molecule has 0 unspecified atom stereocenters. The highest BCUT2D eigenvalue weighted by Crippen LogP contribution is 2.11. The normalized spacial score (nSPS) is 15.8. The standard InChI is InChI=1S/C22H46N2O6/c1-4-5-6-7-8-9-10-11-12-13-14-23(2)16-20(28)24(3)15-18(26)21(29)22(30)19(27)17-25/h18-19,21-22,25-27,29-30H,4-17H2,1-3H3/t18-,19+,21+,22+/m0/s1. The number of likely N-dealkylation sites (N-methyl/N-ethyl adjacent to an activating group) is 2. The molecule has 0 rings (SSSR count). The van der Waals surface area contributed by atoms with Gasteiger partial charge in [0.1, 0.15) is 24.4 Å². The molecule has 0 heterocycles. The monoisotopic (exact) mass is 434 g/mol. The van der Waals surface area contributed by atoms with Crippen LogP contribution in [0.4, 0.5) is 0 Å². The number of rotatable bonds is 19. The molecule has 180 valence electrons. The van der Waals surface area contributed by atoms with Crippen molar-refractivity contribution in [2.24, 2.45) is 0 Å². The predicted octanol–water partition coefficient (Wildman–Crippen LogP) is 0.733. The number of carbonyl (C=O) groups excluding carboxylic acids is 1. The molecule has 0 saturated carbocycles. The van der Waals surface area contributed by atoms with E-state index in [9.17, 15) is 25.2 Å². The fourth-order valence-electron chi connectivity index (χ4n) is 3.35. The predicted molar refractivity (Wildman–Crippen MR) is 118 cm³/mol. The van der Waals surface area contributed by atoms with Gasteiger partial charge < -0.3 is 30.4 Å². The van der Waals surface area contributed by atoms with Crippen molar-refractivity contribution in [1.29, 1.82) is 0 Å². The van der Waals surface area contributed by atoms with E-state index < -0.39 is 31.0 Å². The minimum absolute atomic E-state index is 0.179. The molecule has 0 saturated heterocycles. The molecule has 30 heavy (non-hydrogen) atoms. The van der Waals surface area contributed by atoms with E-state index in [2.05, 4.69) is 6.92 Å². The van der Waals surface area contributed by atoms with Gasteiger partial charge in [0.05, 0.1) is 13.2 Å². The van der Waals surface area contributed by atoms with E-state index >= 15 is 0 Å². The maximum Gasteiger partial charge on any atom is 0.236 e. The molecule has 5 N–H and O–H groups in total. The lowest BCUT2D eigenvalue weighted by molar-refractivity contribution is -0.138. The number of unbranched alkanes of at least 4 members (excludes halogenated alkanes) is 9. The van der Waals surface area contributed by atoms with Crippen molar-refractivity contribution in [3.05, 3.63) is 0 Å². The zero-order valence-electron chi connectivity index (χ0n) is 19.2. The molecule has 1 amide bonds. The third-order valence-corrected chi connectivity index (χ3v) is 5.51. The zero-order valence-corrected chi connectivity index (χ0v) is 19.2. The maximum atomic E-state index is 12.3. The smallest absolute Gasteiger partial charge is 0.236 e. The summed E-state index contributed by atoms with van der Waals surface area (Å²) in [6, 6.07) is 0. The van der Waals surface area contributed by atoms with Gasteiger partial charge in [0.25, 0.3) is 0 Å². The Morgan fingerprint density at radius 1 is 0.767 bits per heavy atom. The van der Waals surface area contributed by atoms with Crippen LogP contribution in [0.15, 0.2) is 0 Å². The Balaban J connectivity index is 3.93. The lowest BCUT2D eigenvalue weighted by Crippen LogP contribution is -2.50. The van der Waals surface area contributed by atoms with Crippen LogP contribution in [0.3, 0.4) is 0 Å². The lowest BCUT2D eigenvalue weighted by Gasteiger charge is -2.29. The Morgan fingerprint density at radius 3 is 1.73 bits per heavy atom. The Morgan fingerprint density at radius 2 is 1.23 bits per heavy atom. The topological polar surface area (TPSA) is 125 Å². The van der Waals surface area contributed by atoms with E-state index in [-0.39, 0.29) is 19.0 Å². The van der Waals surface area contributed by atoms with E-state index in [1.165, 1.54) is 63.3 Å². The molecule has 0 aliphatic heterocycles. The molecule has 8 heteroatoms. The number of nitrogens with zero attached hydrogens (tertiary/aromatic N) is 2. The molecule has 0 radical (unpaired) electrons. The first-order valence-corrected chi connectivity index (χ1v) is 11.5. The Kier molecular flexibility index (Phi) is 17.4. The third kappa shape index (κ3) is 13.5. The molecule has 0 fully saturated rings. The van der Waals surface area contributed by atoms with E-state index in [0.717, 1.165) is 19.4 Å². The van der Waals surface area contributed by atoms with Crippen LogP contribution < -0.4 is 0 Å². The second kappa shape index (κ2) is 17.9. The van der Waals surface area contributed by atoms with Gasteiger partial charge in [0.15, 0.2) is 0 Å². The Labute approximate surface area is 182 Å². The van der Waals surface area contributed by atoms with E-state index in [1.807, 2.05) is 11.9 Å². The lowest BCUT2D eigenvalue weighted by atomic mass is 10.0. The molecular weight excluding hydrogens is 388 g/mol. The summed E-state index contributed by atoms with van der Waals surface area (Å²) < 4.78 is 0. The summed E-state index contributed by atoms with van der Waals surface area (Å²) in [4.78, 5) is 15.5. The fourth-order valence-corrected chi connectivity index (χ4v) is 3.35. The SMILES string of the molecule is CCCCCCCCCCCCN(C)CC(=O)N(C)C[C@H](O)[C@@H](O)[C@H](O)[C@H](O)CO. The molecule has 4 atom stereocenters. The minimum Gasteiger partial charge on any atom is -0.394 e. The number of hydrogen-bond donors (Lipinski definition) is 5. The summed E-state index contributed by atoms with van der Waals surface area (Å²) in [6.07, 6.45) is 6.32. The van der Waals surface area contributed by atoms with Crippen LogP contribution in [-0.4, -0.2) is 106 Å². The number of amides is 1. The van der Waals surface area contributed by atoms with E-state index in [1.54, 1.807) is 0 Å². The molecule has 0 spiro atoms. The molecule has 0 bridgehead atoms. The number of carbonyl (C=O) groups is 1. The van der Waals surface area contributed by atoms with Gasteiger partial charge in [-0.2, -0.15) is 0 Å². The third-order valence-electron chi connectivity index (χ3n) is 5.51. The van der Waals surface area contributed by atoms with Crippen molar-refractivity contribution >= 4 is 5.91 Å². The second-order valence-corrected chi connectivity index (χ2v) is 8.49. The van der Waals surface area contributed by atoms with Gasteiger partial charge in [-0.15, -0.1) is 0 Å². The molecule has 0 aromatic rings. The van der Waals surface area contributed by atoms with Gasteiger partial charge in [-0.25, -0.2) is 0 Å². The molecular formula is C22H46N2O6. The number of hydrogen-bond acceptors (Lipinski definition) is 7. The van der Waals surface area contributed by atoms with Crippen molar-refractivity contribution in [3.63, 3.8) is 0 Å². The summed E-state index contributed by atoms with van der Waals surface area (Å²) in [5.41, 5.74) is 0. The Bertz CT molecular complexity index is 426. The average molecular weight is 435 g/mol. The molecule has 0 aromatic carbocycles. The Hall–Kier alpha value is -0.770. The van der Waals surface area contributed by atoms with Crippen molar-refractivity contribution in [2.75, 3.05) is 40.3 Å². The van der Waals surface area contributed by atoms with Crippen molar-refractivity contribution in [3.8, 4) is 0 Å². The summed E-state index contributed by atoms with van der Waals surface area (Å²) in [5, 5.41) is 47.6. The summed E-state index contributed by atoms with van der Waals surface area (Å²) >= 11 is 0. The molecule has 8 nitrogen and oxygen atoms in total. The second-order valence-electron chi connectivity index (χ2n) is 8.49. The van der Waals surface area contributed by atoms with Gasteiger partial charge in [-0.1, -0.05) is 64.7 Å². The molecule has 0 aliphatic rings. The first kappa shape index (κ1) is 29.2. The summed E-state index contributed by atoms with van der Waals surface area (Å²) in [6.45, 7) is 2.35. The minimum atomic E-state index is -1.69. The highest BCUT2D eigenvalue weighted by Gasteiger charge is 2.31. The van der Waals surface area contributed by atoms with Crippen LogP contribution in [0.25, 0.3) is 0 Å². The first-order chi connectivity index (χ1) is 14.2. The van der Waals surface area contributed by atoms with Gasteiger partial charge in [0, 0.05) is 13.6 Å². The van der Waals surface area contributed by atoms with Crippen molar-refractivity contribution < 1.29 is 30.3 Å². The quantitative estimate of drug-likeness (QED) is 0.190. The van der Waals surface area contributed by atoms with Crippen LogP contribution in [0.2, 0.25) is 0 Å². The highest BCUT2D eigenvalue weighted by atomic mass is 16.4. The zero-order chi connectivity index (χ0) is 22.9. The summed E-state index contributed by atoms with van der Waals surface area (Å²) in [7, 11) is 3.40. The van der Waals surface area contributed by atoms with E-state index in [0.29, 0.717) is 0 Å². The van der Waals surface area contributed by atoms with Crippen LogP contribution in [0.1, 0.15) is 71.1 Å². The molecule has 0 aromatic heterocycles. The van der Waals surface area contributed by atoms with Crippen LogP contribution in [-0.2, 0) is 4.79 Å².